The molecule has 3 heteroatoms. The fourth-order valence-corrected chi connectivity index (χ4v) is 3.47. The number of fused-ring (bicyclic) bond motifs is 1. The lowest BCUT2D eigenvalue weighted by atomic mass is 9.87. The van der Waals surface area contributed by atoms with Crippen LogP contribution in [0.5, 0.6) is 0 Å². The molecule has 1 heterocycles. The fourth-order valence-electron chi connectivity index (χ4n) is 3.47. The maximum Gasteiger partial charge on any atom is 0.230 e. The maximum atomic E-state index is 12.9. The van der Waals surface area contributed by atoms with Crippen LogP contribution in [0.4, 0.5) is 11.4 Å². The molecule has 1 N–H and O–H groups in total. The maximum absolute atomic E-state index is 12.9. The summed E-state index contributed by atoms with van der Waals surface area (Å²) < 4.78 is 0. The minimum absolute atomic E-state index is 0.0708. The zero-order chi connectivity index (χ0) is 14.2. The van der Waals surface area contributed by atoms with Gasteiger partial charge in [-0.05, 0) is 38.8 Å². The number of anilines is 2. The highest BCUT2D eigenvalue weighted by Gasteiger charge is 2.35. The van der Waals surface area contributed by atoms with Crippen LogP contribution in [-0.2, 0) is 4.79 Å². The molecule has 3 rings (SSSR count). The van der Waals surface area contributed by atoms with E-state index in [9.17, 15) is 4.79 Å². The molecule has 1 aromatic carbocycles. The van der Waals surface area contributed by atoms with Crippen molar-refractivity contribution in [3.63, 3.8) is 0 Å². The standard InChI is InChI=1S/C17H24N2O/c1-17(2)12-19(15-11-7-6-10-14(15)18-17)16(20)13-8-4-3-5-9-13/h6-7,10-11,13,18H,3-5,8-9,12H2,1-2H3. The summed E-state index contributed by atoms with van der Waals surface area (Å²) in [6, 6.07) is 8.16. The van der Waals surface area contributed by atoms with E-state index < -0.39 is 0 Å². The zero-order valence-corrected chi connectivity index (χ0v) is 12.5. The Labute approximate surface area is 121 Å². The summed E-state index contributed by atoms with van der Waals surface area (Å²) in [4.78, 5) is 14.9. The highest BCUT2D eigenvalue weighted by molar-refractivity contribution is 5.99. The molecule has 0 spiro atoms. The first-order valence-electron chi connectivity index (χ1n) is 7.75. The predicted octanol–water partition coefficient (Wildman–Crippen LogP) is 3.80. The third-order valence-electron chi connectivity index (χ3n) is 4.44. The lowest BCUT2D eigenvalue weighted by Gasteiger charge is -2.42. The van der Waals surface area contributed by atoms with E-state index in [-0.39, 0.29) is 11.5 Å². The SMILES string of the molecule is CC1(C)CN(C(=O)C2CCCCC2)c2ccccc2N1. The van der Waals surface area contributed by atoms with Crippen molar-refractivity contribution in [2.75, 3.05) is 16.8 Å². The summed E-state index contributed by atoms with van der Waals surface area (Å²) in [6.07, 6.45) is 5.81. The molecule has 0 aromatic heterocycles. The molecule has 0 saturated heterocycles. The van der Waals surface area contributed by atoms with Gasteiger partial charge in [-0.15, -0.1) is 0 Å². The van der Waals surface area contributed by atoms with Crippen LogP contribution in [0, 0.1) is 5.92 Å². The molecular weight excluding hydrogens is 248 g/mol. The third-order valence-corrected chi connectivity index (χ3v) is 4.44. The Bertz CT molecular complexity index is 503. The number of benzene rings is 1. The average molecular weight is 272 g/mol. The number of para-hydroxylation sites is 2. The fraction of sp³-hybridized carbons (Fsp3) is 0.588. The van der Waals surface area contributed by atoms with Crippen LogP contribution in [-0.4, -0.2) is 18.0 Å². The van der Waals surface area contributed by atoms with Gasteiger partial charge < -0.3 is 10.2 Å². The van der Waals surface area contributed by atoms with Gasteiger partial charge in [-0.3, -0.25) is 4.79 Å². The molecule has 108 valence electrons. The van der Waals surface area contributed by atoms with E-state index in [0.717, 1.165) is 30.8 Å². The highest BCUT2D eigenvalue weighted by atomic mass is 16.2. The minimum atomic E-state index is -0.0708. The molecular formula is C17H24N2O. The molecule has 2 aliphatic rings. The molecule has 3 nitrogen and oxygen atoms in total. The molecule has 20 heavy (non-hydrogen) atoms. The first-order valence-corrected chi connectivity index (χ1v) is 7.75. The van der Waals surface area contributed by atoms with E-state index in [2.05, 4.69) is 31.3 Å². The second kappa shape index (κ2) is 5.12. The Hall–Kier alpha value is -1.51. The van der Waals surface area contributed by atoms with Crippen LogP contribution in [0.3, 0.4) is 0 Å². The van der Waals surface area contributed by atoms with E-state index in [1.54, 1.807) is 0 Å². The summed E-state index contributed by atoms with van der Waals surface area (Å²) in [5, 5.41) is 3.53. The molecule has 0 unspecified atom stereocenters. The lowest BCUT2D eigenvalue weighted by molar-refractivity contribution is -0.123. The molecule has 1 aromatic rings. The van der Waals surface area contributed by atoms with Crippen molar-refractivity contribution in [2.45, 2.75) is 51.5 Å². The molecule has 0 radical (unpaired) electrons. The number of nitrogens with one attached hydrogen (secondary N) is 1. The number of hydrogen-bond acceptors (Lipinski definition) is 2. The summed E-state index contributed by atoms with van der Waals surface area (Å²) in [5.74, 6) is 0.553. The number of rotatable bonds is 1. The topological polar surface area (TPSA) is 32.3 Å². The first-order chi connectivity index (χ1) is 9.57. The van der Waals surface area contributed by atoms with Gasteiger partial charge in [-0.2, -0.15) is 0 Å². The summed E-state index contributed by atoms with van der Waals surface area (Å²) in [5.41, 5.74) is 2.05. The van der Waals surface area contributed by atoms with E-state index in [4.69, 9.17) is 0 Å². The van der Waals surface area contributed by atoms with Gasteiger partial charge in [0, 0.05) is 18.0 Å². The van der Waals surface area contributed by atoms with Crippen molar-refractivity contribution in [3.8, 4) is 0 Å². The van der Waals surface area contributed by atoms with Gasteiger partial charge in [-0.25, -0.2) is 0 Å². The second-order valence-electron chi connectivity index (χ2n) is 6.79. The lowest BCUT2D eigenvalue weighted by Crippen LogP contribution is -2.52. The Kier molecular flexibility index (Phi) is 3.45. The van der Waals surface area contributed by atoms with Crippen molar-refractivity contribution < 1.29 is 4.79 Å². The summed E-state index contributed by atoms with van der Waals surface area (Å²) >= 11 is 0. The van der Waals surface area contributed by atoms with Gasteiger partial charge in [0.15, 0.2) is 0 Å². The Morgan fingerprint density at radius 1 is 1.20 bits per heavy atom. The minimum Gasteiger partial charge on any atom is -0.377 e. The molecule has 0 atom stereocenters. The van der Waals surface area contributed by atoms with Crippen LogP contribution in [0.1, 0.15) is 46.0 Å². The summed E-state index contributed by atoms with van der Waals surface area (Å²) in [6.45, 7) is 5.06. The van der Waals surface area contributed by atoms with Crippen LogP contribution >= 0.6 is 0 Å². The van der Waals surface area contributed by atoms with Crippen molar-refractivity contribution >= 4 is 17.3 Å². The van der Waals surface area contributed by atoms with Crippen molar-refractivity contribution in [2.24, 2.45) is 5.92 Å². The first kappa shape index (κ1) is 13.5. The van der Waals surface area contributed by atoms with Crippen LogP contribution < -0.4 is 10.2 Å². The van der Waals surface area contributed by atoms with Gasteiger partial charge in [0.05, 0.1) is 11.4 Å². The van der Waals surface area contributed by atoms with Gasteiger partial charge >= 0.3 is 0 Å². The summed E-state index contributed by atoms with van der Waals surface area (Å²) in [7, 11) is 0. The second-order valence-corrected chi connectivity index (χ2v) is 6.79. The van der Waals surface area contributed by atoms with Gasteiger partial charge in [0.2, 0.25) is 5.91 Å². The van der Waals surface area contributed by atoms with Gasteiger partial charge in [-0.1, -0.05) is 31.4 Å². The van der Waals surface area contributed by atoms with Crippen molar-refractivity contribution in [1.82, 2.24) is 0 Å². The molecule has 0 bridgehead atoms. The van der Waals surface area contributed by atoms with E-state index in [0.29, 0.717) is 5.91 Å². The Morgan fingerprint density at radius 3 is 2.65 bits per heavy atom. The normalized spacial score (nSPS) is 22.0. The Morgan fingerprint density at radius 2 is 1.90 bits per heavy atom. The predicted molar refractivity (Wildman–Crippen MR) is 83.1 cm³/mol. The molecule has 1 aliphatic heterocycles. The van der Waals surface area contributed by atoms with E-state index in [1.165, 1.54) is 19.3 Å². The number of hydrogen-bond donors (Lipinski definition) is 1. The highest BCUT2D eigenvalue weighted by Crippen LogP contribution is 2.36. The van der Waals surface area contributed by atoms with Crippen LogP contribution in [0.25, 0.3) is 0 Å². The van der Waals surface area contributed by atoms with Crippen LogP contribution in [0.15, 0.2) is 24.3 Å². The number of nitrogens with zero attached hydrogens (tertiary/aromatic N) is 1. The van der Waals surface area contributed by atoms with Crippen molar-refractivity contribution in [3.05, 3.63) is 24.3 Å². The average Bonchev–Trinajstić information content (AvgIpc) is 2.45. The monoisotopic (exact) mass is 272 g/mol. The van der Waals surface area contributed by atoms with E-state index >= 15 is 0 Å². The van der Waals surface area contributed by atoms with Crippen molar-refractivity contribution in [1.29, 1.82) is 0 Å². The molecule has 1 fully saturated rings. The smallest absolute Gasteiger partial charge is 0.230 e. The third kappa shape index (κ3) is 2.54. The number of carbonyl (C=O) groups is 1. The quantitative estimate of drug-likeness (QED) is 0.843. The van der Waals surface area contributed by atoms with Crippen LogP contribution in [0.2, 0.25) is 0 Å². The number of amides is 1. The van der Waals surface area contributed by atoms with E-state index in [1.807, 2.05) is 17.0 Å². The number of carbonyl (C=O) groups excluding carboxylic acids is 1. The zero-order valence-electron chi connectivity index (χ0n) is 12.5. The largest absolute Gasteiger partial charge is 0.377 e. The molecule has 1 amide bonds. The molecule has 1 aliphatic carbocycles. The van der Waals surface area contributed by atoms with Gasteiger partial charge in [0.25, 0.3) is 0 Å². The Balaban J connectivity index is 1.89. The molecule has 1 saturated carbocycles. The van der Waals surface area contributed by atoms with Gasteiger partial charge in [0.1, 0.15) is 0 Å².